The first-order chi connectivity index (χ1) is 12.2. The lowest BCUT2D eigenvalue weighted by Crippen LogP contribution is -2.37. The maximum absolute atomic E-state index is 6.18. The van der Waals surface area contributed by atoms with Gasteiger partial charge in [-0.15, -0.1) is 24.0 Å². The number of benzene rings is 2. The average Bonchev–Trinajstić information content (AvgIpc) is 3.42. The number of ether oxygens (including phenoxy) is 1. The van der Waals surface area contributed by atoms with Crippen LogP contribution >= 0.6 is 35.6 Å². The molecule has 0 amide bonds. The Kier molecular flexibility index (Phi) is 5.97. The number of hydrogen-bond donors (Lipinski definition) is 2. The van der Waals surface area contributed by atoms with E-state index in [1.54, 1.807) is 0 Å². The van der Waals surface area contributed by atoms with Crippen LogP contribution in [0.1, 0.15) is 36.4 Å². The van der Waals surface area contributed by atoms with E-state index in [1.165, 1.54) is 5.56 Å². The fraction of sp³-hybridized carbons (Fsp3) is 0.350. The number of fused-ring (bicyclic) bond motifs is 1. The fourth-order valence-electron chi connectivity index (χ4n) is 3.45. The highest BCUT2D eigenvalue weighted by atomic mass is 127. The maximum atomic E-state index is 6.18. The lowest BCUT2D eigenvalue weighted by atomic mass is 9.96. The summed E-state index contributed by atoms with van der Waals surface area (Å²) < 4.78 is 5.70. The first-order valence-electron chi connectivity index (χ1n) is 8.71. The Labute approximate surface area is 176 Å². The maximum Gasteiger partial charge on any atom is 0.189 e. The summed E-state index contributed by atoms with van der Waals surface area (Å²) in [5, 5.41) is 4.13. The Hall–Kier alpha value is -1.47. The van der Waals surface area contributed by atoms with Gasteiger partial charge in [-0.3, -0.25) is 4.99 Å². The highest BCUT2D eigenvalue weighted by Gasteiger charge is 2.44. The molecule has 0 bridgehead atoms. The second-order valence-corrected chi connectivity index (χ2v) is 7.30. The first kappa shape index (κ1) is 19.3. The number of halogens is 2. The molecular weight excluding hydrogens is 461 g/mol. The second kappa shape index (κ2) is 8.05. The van der Waals surface area contributed by atoms with Crippen LogP contribution in [-0.4, -0.2) is 19.1 Å². The van der Waals surface area contributed by atoms with Gasteiger partial charge in [0, 0.05) is 22.4 Å². The molecule has 1 fully saturated rings. The second-order valence-electron chi connectivity index (χ2n) is 6.86. The minimum Gasteiger partial charge on any atom is -0.493 e. The van der Waals surface area contributed by atoms with Crippen molar-refractivity contribution in [1.82, 2.24) is 5.32 Å². The van der Waals surface area contributed by atoms with Gasteiger partial charge in [0.25, 0.3) is 0 Å². The molecule has 138 valence electrons. The van der Waals surface area contributed by atoms with E-state index in [4.69, 9.17) is 22.1 Å². The van der Waals surface area contributed by atoms with E-state index in [0.29, 0.717) is 19.1 Å². The van der Waals surface area contributed by atoms with Gasteiger partial charge in [0.05, 0.1) is 19.2 Å². The molecule has 26 heavy (non-hydrogen) atoms. The predicted octanol–water partition coefficient (Wildman–Crippen LogP) is 4.42. The average molecular weight is 484 g/mol. The third-order valence-electron chi connectivity index (χ3n) is 5.14. The first-order valence-corrected chi connectivity index (χ1v) is 9.08. The number of para-hydroxylation sites is 1. The molecular formula is C20H23ClIN3O. The number of nitrogens with two attached hydrogens (primary N) is 1. The summed E-state index contributed by atoms with van der Waals surface area (Å²) in [6, 6.07) is 16.3. The van der Waals surface area contributed by atoms with E-state index < -0.39 is 0 Å². The minimum atomic E-state index is 0. The van der Waals surface area contributed by atoms with Gasteiger partial charge >= 0.3 is 0 Å². The summed E-state index contributed by atoms with van der Waals surface area (Å²) in [6.45, 7) is 1.40. The van der Waals surface area contributed by atoms with Crippen LogP contribution in [0.5, 0.6) is 5.75 Å². The fourth-order valence-corrected chi connectivity index (χ4v) is 3.57. The van der Waals surface area contributed by atoms with Gasteiger partial charge in [-0.2, -0.15) is 0 Å². The highest BCUT2D eigenvalue weighted by Crippen LogP contribution is 2.48. The van der Waals surface area contributed by atoms with Gasteiger partial charge in [-0.25, -0.2) is 0 Å². The third kappa shape index (κ3) is 4.09. The minimum absolute atomic E-state index is 0. The van der Waals surface area contributed by atoms with Crippen LogP contribution in [0.3, 0.4) is 0 Å². The van der Waals surface area contributed by atoms with Crippen molar-refractivity contribution in [1.29, 1.82) is 0 Å². The summed E-state index contributed by atoms with van der Waals surface area (Å²) in [6.07, 6.45) is 3.17. The van der Waals surface area contributed by atoms with Crippen molar-refractivity contribution in [3.63, 3.8) is 0 Å². The van der Waals surface area contributed by atoms with Gasteiger partial charge in [-0.1, -0.05) is 41.9 Å². The van der Waals surface area contributed by atoms with E-state index in [9.17, 15) is 0 Å². The molecule has 0 aromatic heterocycles. The third-order valence-corrected chi connectivity index (χ3v) is 5.39. The van der Waals surface area contributed by atoms with Gasteiger partial charge in [0.2, 0.25) is 0 Å². The molecule has 2 aromatic rings. The van der Waals surface area contributed by atoms with Gasteiger partial charge in [0.1, 0.15) is 5.75 Å². The van der Waals surface area contributed by atoms with E-state index >= 15 is 0 Å². The zero-order chi connectivity index (χ0) is 17.3. The Morgan fingerprint density at radius 2 is 1.92 bits per heavy atom. The topological polar surface area (TPSA) is 59.6 Å². The van der Waals surface area contributed by atoms with Crippen LogP contribution < -0.4 is 15.8 Å². The van der Waals surface area contributed by atoms with E-state index in [0.717, 1.165) is 35.6 Å². The van der Waals surface area contributed by atoms with Crippen LogP contribution in [-0.2, 0) is 5.41 Å². The molecule has 1 aliphatic carbocycles. The standard InChI is InChI=1S/C20H22ClN3O.HI/c21-15-7-5-14(6-8-15)20(10-11-20)13-23-19(22)24-17-9-12-25-18-4-2-1-3-16(17)18;/h1-8,17H,9-13H2,(H3,22,23,24);1H. The molecule has 1 unspecified atom stereocenters. The molecule has 2 aromatic carbocycles. The van der Waals surface area contributed by atoms with Crippen molar-refractivity contribution >= 4 is 41.5 Å². The molecule has 1 heterocycles. The zero-order valence-electron chi connectivity index (χ0n) is 14.5. The van der Waals surface area contributed by atoms with Gasteiger partial charge in [0.15, 0.2) is 5.96 Å². The van der Waals surface area contributed by atoms with Crippen LogP contribution in [0.25, 0.3) is 0 Å². The van der Waals surface area contributed by atoms with E-state index in [-0.39, 0.29) is 35.4 Å². The molecule has 1 saturated carbocycles. The van der Waals surface area contributed by atoms with Crippen molar-refractivity contribution in [3.05, 3.63) is 64.7 Å². The largest absolute Gasteiger partial charge is 0.493 e. The van der Waals surface area contributed by atoms with Crippen LogP contribution in [0, 0.1) is 0 Å². The summed E-state index contributed by atoms with van der Waals surface area (Å²) >= 11 is 5.99. The quantitative estimate of drug-likeness (QED) is 0.385. The van der Waals surface area contributed by atoms with Crippen molar-refractivity contribution in [2.45, 2.75) is 30.7 Å². The lowest BCUT2D eigenvalue weighted by Gasteiger charge is -2.27. The van der Waals surface area contributed by atoms with E-state index in [1.807, 2.05) is 30.3 Å². The summed E-state index contributed by atoms with van der Waals surface area (Å²) in [4.78, 5) is 4.63. The Morgan fingerprint density at radius 1 is 1.19 bits per heavy atom. The van der Waals surface area contributed by atoms with Crippen molar-refractivity contribution in [3.8, 4) is 5.75 Å². The smallest absolute Gasteiger partial charge is 0.189 e. The molecule has 0 radical (unpaired) electrons. The predicted molar refractivity (Wildman–Crippen MR) is 117 cm³/mol. The summed E-state index contributed by atoms with van der Waals surface area (Å²) in [5.41, 5.74) is 8.75. The molecule has 4 nitrogen and oxygen atoms in total. The molecule has 1 atom stereocenters. The number of hydrogen-bond acceptors (Lipinski definition) is 2. The van der Waals surface area contributed by atoms with E-state index in [2.05, 4.69) is 28.5 Å². The molecule has 4 rings (SSSR count). The monoisotopic (exact) mass is 483 g/mol. The normalized spacial score (nSPS) is 20.3. The van der Waals surface area contributed by atoms with Crippen LogP contribution in [0.15, 0.2) is 53.5 Å². The summed E-state index contributed by atoms with van der Waals surface area (Å²) in [7, 11) is 0. The van der Waals surface area contributed by atoms with Crippen molar-refractivity contribution in [2.75, 3.05) is 13.2 Å². The Balaban J connectivity index is 0.00000196. The Morgan fingerprint density at radius 3 is 2.65 bits per heavy atom. The molecule has 1 aliphatic heterocycles. The molecule has 3 N–H and O–H groups in total. The highest BCUT2D eigenvalue weighted by molar-refractivity contribution is 14.0. The van der Waals surface area contributed by atoms with Crippen LogP contribution in [0.2, 0.25) is 5.02 Å². The number of nitrogens with one attached hydrogen (secondary N) is 1. The van der Waals surface area contributed by atoms with Gasteiger partial charge in [-0.05, 0) is 36.6 Å². The summed E-state index contributed by atoms with van der Waals surface area (Å²) in [5.74, 6) is 1.43. The number of guanidine groups is 1. The number of nitrogens with zero attached hydrogens (tertiary/aromatic N) is 1. The van der Waals surface area contributed by atoms with Crippen molar-refractivity contribution < 1.29 is 4.74 Å². The Bertz CT molecular complexity index is 790. The molecule has 6 heteroatoms. The number of rotatable bonds is 4. The SMILES string of the molecule is I.NC(=NCC1(c2ccc(Cl)cc2)CC1)NC1CCOc2ccccc21. The van der Waals surface area contributed by atoms with Crippen LogP contribution in [0.4, 0.5) is 0 Å². The number of aliphatic imine (C=N–C) groups is 1. The molecule has 0 spiro atoms. The zero-order valence-corrected chi connectivity index (χ0v) is 17.5. The van der Waals surface area contributed by atoms with Gasteiger partial charge < -0.3 is 15.8 Å². The molecule has 2 aliphatic rings. The molecule has 0 saturated heterocycles. The van der Waals surface area contributed by atoms with Crippen molar-refractivity contribution in [2.24, 2.45) is 10.7 Å². The lowest BCUT2D eigenvalue weighted by molar-refractivity contribution is 0.262.